The minimum atomic E-state index is -0.918. The van der Waals surface area contributed by atoms with E-state index < -0.39 is 5.97 Å². The van der Waals surface area contributed by atoms with Gasteiger partial charge in [-0.1, -0.05) is 78.3 Å². The number of rotatable bonds is 16. The number of nitrogens with zero attached hydrogens (tertiary/aromatic N) is 1. The highest BCUT2D eigenvalue weighted by molar-refractivity contribution is 6.30. The largest absolute Gasteiger partial charge is 0.489 e. The number of aryl methyl sites for hydroxylation is 1. The number of carboxylic acids is 1. The van der Waals surface area contributed by atoms with Gasteiger partial charge in [0, 0.05) is 24.5 Å². The van der Waals surface area contributed by atoms with Gasteiger partial charge < -0.3 is 14.6 Å². The van der Waals surface area contributed by atoms with E-state index in [0.29, 0.717) is 31.7 Å². The van der Waals surface area contributed by atoms with Crippen LogP contribution in [0, 0.1) is 6.92 Å². The molecular weight excluding hydrogens is 574 g/mol. The van der Waals surface area contributed by atoms with Crippen molar-refractivity contribution in [2.24, 2.45) is 0 Å². The Bertz CT molecular complexity index is 1520. The van der Waals surface area contributed by atoms with Crippen molar-refractivity contribution in [3.05, 3.63) is 124 Å². The first-order valence-electron chi connectivity index (χ1n) is 15.1. The van der Waals surface area contributed by atoms with Gasteiger partial charge >= 0.3 is 11.9 Å². The summed E-state index contributed by atoms with van der Waals surface area (Å²) in [5.41, 5.74) is 6.58. The molecule has 0 spiro atoms. The first-order valence-corrected chi connectivity index (χ1v) is 15.5. The fourth-order valence-corrected chi connectivity index (χ4v) is 5.28. The summed E-state index contributed by atoms with van der Waals surface area (Å²) in [6.07, 6.45) is 2.80. The lowest BCUT2D eigenvalue weighted by Crippen LogP contribution is -2.27. The van der Waals surface area contributed by atoms with Crippen LogP contribution in [0.2, 0.25) is 5.02 Å². The number of halogens is 1. The van der Waals surface area contributed by atoms with Crippen LogP contribution in [-0.2, 0) is 29.1 Å². The van der Waals surface area contributed by atoms with Gasteiger partial charge in [-0.05, 0) is 97.3 Å². The van der Waals surface area contributed by atoms with Gasteiger partial charge in [-0.3, -0.25) is 9.69 Å². The monoisotopic (exact) mass is 613 g/mol. The van der Waals surface area contributed by atoms with Crippen LogP contribution < -0.4 is 4.74 Å². The van der Waals surface area contributed by atoms with E-state index in [9.17, 15) is 14.7 Å². The third-order valence-corrected chi connectivity index (χ3v) is 7.79. The third-order valence-electron chi connectivity index (χ3n) is 7.53. The summed E-state index contributed by atoms with van der Waals surface area (Å²) >= 11 is 6.03. The summed E-state index contributed by atoms with van der Waals surface area (Å²) in [6.45, 7) is 6.78. The highest BCUT2D eigenvalue weighted by atomic mass is 35.5. The molecule has 4 aromatic rings. The molecule has 4 rings (SSSR count). The van der Waals surface area contributed by atoms with Gasteiger partial charge in [0.2, 0.25) is 0 Å². The Morgan fingerprint density at radius 1 is 0.841 bits per heavy atom. The van der Waals surface area contributed by atoms with Crippen molar-refractivity contribution in [1.29, 1.82) is 0 Å². The van der Waals surface area contributed by atoms with Crippen molar-refractivity contribution in [2.75, 3.05) is 19.7 Å². The average molecular weight is 614 g/mol. The lowest BCUT2D eigenvalue weighted by molar-refractivity contribution is -0.143. The van der Waals surface area contributed by atoms with Gasteiger partial charge in [0.05, 0.1) is 12.2 Å². The Morgan fingerprint density at radius 2 is 1.52 bits per heavy atom. The number of aromatic carboxylic acids is 1. The molecule has 7 heteroatoms. The molecule has 0 aromatic heterocycles. The number of benzene rings is 4. The van der Waals surface area contributed by atoms with E-state index in [1.54, 1.807) is 6.07 Å². The molecule has 0 bridgehead atoms. The van der Waals surface area contributed by atoms with Crippen molar-refractivity contribution < 1.29 is 24.2 Å². The van der Waals surface area contributed by atoms with Crippen LogP contribution in [0.4, 0.5) is 0 Å². The first kappa shape index (κ1) is 32.8. The molecule has 0 aliphatic rings. The van der Waals surface area contributed by atoms with Crippen LogP contribution in [-0.4, -0.2) is 41.6 Å². The van der Waals surface area contributed by atoms with Crippen LogP contribution >= 0.6 is 11.6 Å². The van der Waals surface area contributed by atoms with E-state index >= 15 is 0 Å². The molecule has 0 unspecified atom stereocenters. The molecule has 0 saturated carbocycles. The number of unbranched alkanes of at least 4 members (excludes halogenated alkanes) is 1. The van der Waals surface area contributed by atoms with Crippen molar-refractivity contribution in [1.82, 2.24) is 4.90 Å². The summed E-state index contributed by atoms with van der Waals surface area (Å²) in [4.78, 5) is 25.6. The molecule has 6 nitrogen and oxygen atoms in total. The molecule has 0 aliphatic heterocycles. The molecule has 0 amide bonds. The second-order valence-corrected chi connectivity index (χ2v) is 11.3. The molecule has 0 radical (unpaired) electrons. The van der Waals surface area contributed by atoms with Gasteiger partial charge in [0.25, 0.3) is 0 Å². The lowest BCUT2D eigenvalue weighted by atomic mass is 10.0. The second-order valence-electron chi connectivity index (χ2n) is 10.8. The van der Waals surface area contributed by atoms with E-state index in [4.69, 9.17) is 21.1 Å². The normalized spacial score (nSPS) is 11.0. The predicted molar refractivity (Wildman–Crippen MR) is 175 cm³/mol. The maximum Gasteiger partial charge on any atom is 0.335 e. The van der Waals surface area contributed by atoms with Gasteiger partial charge in [-0.15, -0.1) is 0 Å². The number of ether oxygens (including phenoxy) is 2. The van der Waals surface area contributed by atoms with E-state index in [0.717, 1.165) is 76.5 Å². The maximum absolute atomic E-state index is 11.8. The summed E-state index contributed by atoms with van der Waals surface area (Å²) < 4.78 is 11.4. The number of para-hydroxylation sites is 1. The fourth-order valence-electron chi connectivity index (χ4n) is 5.16. The molecule has 0 saturated heterocycles. The number of carboxylic acid groups (broad SMARTS) is 1. The van der Waals surface area contributed by atoms with Crippen LogP contribution in [0.15, 0.2) is 91.0 Å². The summed E-state index contributed by atoms with van der Waals surface area (Å²) in [7, 11) is 0. The van der Waals surface area contributed by atoms with Crippen LogP contribution in [0.3, 0.4) is 0 Å². The van der Waals surface area contributed by atoms with Gasteiger partial charge in [-0.2, -0.15) is 0 Å². The Hall–Kier alpha value is -4.13. The number of carbonyl (C=O) groups excluding carboxylic acids is 1. The minimum Gasteiger partial charge on any atom is -0.489 e. The van der Waals surface area contributed by atoms with E-state index in [2.05, 4.69) is 35.2 Å². The molecule has 0 fully saturated rings. The third kappa shape index (κ3) is 9.97. The summed E-state index contributed by atoms with van der Waals surface area (Å²) in [6, 6.07) is 29.8. The molecule has 230 valence electrons. The Kier molecular flexibility index (Phi) is 12.4. The summed E-state index contributed by atoms with van der Waals surface area (Å²) in [5, 5.41) is 10.1. The molecule has 0 atom stereocenters. The molecule has 44 heavy (non-hydrogen) atoms. The molecule has 4 aromatic carbocycles. The van der Waals surface area contributed by atoms with Crippen LogP contribution in [0.25, 0.3) is 11.1 Å². The van der Waals surface area contributed by atoms with Crippen LogP contribution in [0.1, 0.15) is 58.8 Å². The van der Waals surface area contributed by atoms with Crippen molar-refractivity contribution >= 4 is 23.5 Å². The minimum absolute atomic E-state index is 0.162. The van der Waals surface area contributed by atoms with Crippen molar-refractivity contribution in [3.8, 4) is 16.9 Å². The molecule has 1 N–H and O–H groups in total. The standard InChI is InChI=1S/C37H40ClNO5/c1-3-43-36(40)10-6-7-22-39(25-29-13-20-34(37(41)42)27(2)24-29)23-21-32-8-4-5-9-35(32)44-26-28-11-14-30(15-12-28)31-16-18-33(38)19-17-31/h4-5,8-9,11-20,24H,3,6-7,10,21-23,25-26H2,1-2H3,(H,41,42). The smallest absolute Gasteiger partial charge is 0.335 e. The lowest BCUT2D eigenvalue weighted by Gasteiger charge is -2.23. The van der Waals surface area contributed by atoms with Crippen molar-refractivity contribution in [2.45, 2.75) is 52.7 Å². The summed E-state index contributed by atoms with van der Waals surface area (Å²) in [5.74, 6) is -0.221. The number of esters is 1. The maximum atomic E-state index is 11.8. The molecule has 0 heterocycles. The first-order chi connectivity index (χ1) is 21.3. The van der Waals surface area contributed by atoms with E-state index in [-0.39, 0.29) is 5.97 Å². The highest BCUT2D eigenvalue weighted by Gasteiger charge is 2.13. The fraction of sp³-hybridized carbons (Fsp3) is 0.297. The quantitative estimate of drug-likeness (QED) is 0.101. The average Bonchev–Trinajstić information content (AvgIpc) is 3.02. The SMILES string of the molecule is CCOC(=O)CCCCN(CCc1ccccc1OCc1ccc(-c2ccc(Cl)cc2)cc1)Cc1ccc(C(=O)O)c(C)c1. The van der Waals surface area contributed by atoms with Crippen LogP contribution in [0.5, 0.6) is 5.75 Å². The topological polar surface area (TPSA) is 76.1 Å². The Labute approximate surface area is 265 Å². The predicted octanol–water partition coefficient (Wildman–Crippen LogP) is 8.37. The van der Waals surface area contributed by atoms with Gasteiger partial charge in [-0.25, -0.2) is 4.79 Å². The Balaban J connectivity index is 1.38. The van der Waals surface area contributed by atoms with Gasteiger partial charge in [0.15, 0.2) is 0 Å². The van der Waals surface area contributed by atoms with E-state index in [1.165, 1.54) is 0 Å². The number of hydrogen-bond donors (Lipinski definition) is 1. The zero-order valence-corrected chi connectivity index (χ0v) is 26.2. The zero-order valence-electron chi connectivity index (χ0n) is 25.4. The number of hydrogen-bond acceptors (Lipinski definition) is 5. The zero-order chi connectivity index (χ0) is 31.3. The molecular formula is C37H40ClNO5. The van der Waals surface area contributed by atoms with Crippen molar-refractivity contribution in [3.63, 3.8) is 0 Å². The second kappa shape index (κ2) is 16.6. The highest BCUT2D eigenvalue weighted by Crippen LogP contribution is 2.24. The van der Waals surface area contributed by atoms with Gasteiger partial charge in [0.1, 0.15) is 12.4 Å². The number of carbonyl (C=O) groups is 2. The van der Waals surface area contributed by atoms with E-state index in [1.807, 2.05) is 68.4 Å². The molecule has 0 aliphatic carbocycles. The Morgan fingerprint density at radius 3 is 2.20 bits per heavy atom.